The molecule has 100 valence electrons. The average Bonchev–Trinajstić information content (AvgIpc) is 2.81. The highest BCUT2D eigenvalue weighted by atomic mass is 16.4. The first-order valence-electron chi connectivity index (χ1n) is 5.84. The summed E-state index contributed by atoms with van der Waals surface area (Å²) in [6.45, 7) is 2.59. The lowest BCUT2D eigenvalue weighted by atomic mass is 10.1. The lowest BCUT2D eigenvalue weighted by Gasteiger charge is -2.10. The van der Waals surface area contributed by atoms with Crippen molar-refractivity contribution in [2.45, 2.75) is 26.3 Å². The standard InChI is InChI=1S/C12H18N2O4/c1-8(3-2-6-13)11(15)14-7-9-4-5-10(18-9)12(16)17/h4-5,8H,2-3,6-7,13H2,1H3,(H,14,15)(H,16,17). The summed E-state index contributed by atoms with van der Waals surface area (Å²) in [5, 5.41) is 11.4. The fourth-order valence-corrected chi connectivity index (χ4v) is 1.49. The minimum atomic E-state index is -1.12. The van der Waals surface area contributed by atoms with E-state index < -0.39 is 5.97 Å². The summed E-state index contributed by atoms with van der Waals surface area (Å²) in [5.41, 5.74) is 5.37. The highest BCUT2D eigenvalue weighted by Gasteiger charge is 2.13. The molecule has 0 spiro atoms. The van der Waals surface area contributed by atoms with E-state index in [1.54, 1.807) is 0 Å². The van der Waals surface area contributed by atoms with Gasteiger partial charge in [0.05, 0.1) is 6.54 Å². The van der Waals surface area contributed by atoms with Gasteiger partial charge in [-0.1, -0.05) is 6.92 Å². The van der Waals surface area contributed by atoms with Crippen LogP contribution in [0.4, 0.5) is 0 Å². The fraction of sp³-hybridized carbons (Fsp3) is 0.500. The zero-order valence-electron chi connectivity index (χ0n) is 10.3. The Morgan fingerprint density at radius 2 is 2.22 bits per heavy atom. The molecule has 0 saturated carbocycles. The van der Waals surface area contributed by atoms with Crippen LogP contribution >= 0.6 is 0 Å². The zero-order valence-corrected chi connectivity index (χ0v) is 10.3. The monoisotopic (exact) mass is 254 g/mol. The van der Waals surface area contributed by atoms with E-state index >= 15 is 0 Å². The Kier molecular flexibility index (Phi) is 5.38. The van der Waals surface area contributed by atoms with E-state index in [2.05, 4.69) is 5.32 Å². The number of amides is 1. The number of carboxylic acids is 1. The van der Waals surface area contributed by atoms with E-state index in [1.165, 1.54) is 12.1 Å². The van der Waals surface area contributed by atoms with Crippen LogP contribution in [0, 0.1) is 5.92 Å². The minimum absolute atomic E-state index is 0.0864. The molecule has 0 aromatic carbocycles. The van der Waals surface area contributed by atoms with Gasteiger partial charge in [0.1, 0.15) is 5.76 Å². The summed E-state index contributed by atoms with van der Waals surface area (Å²) in [7, 11) is 0. The predicted octanol–water partition coefficient (Wildman–Crippen LogP) is 0.969. The number of nitrogens with two attached hydrogens (primary N) is 1. The van der Waals surface area contributed by atoms with Crippen LogP contribution < -0.4 is 11.1 Å². The molecule has 6 heteroatoms. The van der Waals surface area contributed by atoms with Crippen LogP contribution in [-0.2, 0) is 11.3 Å². The van der Waals surface area contributed by atoms with Gasteiger partial charge in [0.15, 0.2) is 0 Å². The molecular formula is C12H18N2O4. The molecule has 1 atom stereocenters. The van der Waals surface area contributed by atoms with Gasteiger partial charge >= 0.3 is 5.97 Å². The largest absolute Gasteiger partial charge is 0.475 e. The van der Waals surface area contributed by atoms with Crippen molar-refractivity contribution in [2.24, 2.45) is 11.7 Å². The third kappa shape index (κ3) is 4.21. The number of nitrogens with one attached hydrogen (secondary N) is 1. The second kappa shape index (κ2) is 6.80. The number of rotatable bonds is 7. The van der Waals surface area contributed by atoms with E-state index in [-0.39, 0.29) is 24.1 Å². The van der Waals surface area contributed by atoms with E-state index in [9.17, 15) is 9.59 Å². The Balaban J connectivity index is 2.39. The molecule has 4 N–H and O–H groups in total. The van der Waals surface area contributed by atoms with E-state index in [4.69, 9.17) is 15.3 Å². The number of carbonyl (C=O) groups excluding carboxylic acids is 1. The zero-order chi connectivity index (χ0) is 13.5. The van der Waals surface area contributed by atoms with E-state index in [1.807, 2.05) is 6.92 Å². The van der Waals surface area contributed by atoms with Crippen LogP contribution in [0.2, 0.25) is 0 Å². The molecule has 1 heterocycles. The van der Waals surface area contributed by atoms with E-state index in [0.717, 1.165) is 12.8 Å². The van der Waals surface area contributed by atoms with Crippen LogP contribution in [0.1, 0.15) is 36.1 Å². The van der Waals surface area contributed by atoms with Gasteiger partial charge in [-0.05, 0) is 31.5 Å². The van der Waals surface area contributed by atoms with Crippen LogP contribution in [0.5, 0.6) is 0 Å². The SMILES string of the molecule is CC(CCCN)C(=O)NCc1ccc(C(=O)O)o1. The van der Waals surface area contributed by atoms with Crippen molar-refractivity contribution in [3.63, 3.8) is 0 Å². The van der Waals surface area contributed by atoms with Gasteiger partial charge < -0.3 is 20.6 Å². The van der Waals surface area contributed by atoms with Gasteiger partial charge in [0.25, 0.3) is 0 Å². The van der Waals surface area contributed by atoms with Gasteiger partial charge in [-0.2, -0.15) is 0 Å². The Morgan fingerprint density at radius 1 is 1.50 bits per heavy atom. The number of aromatic carboxylic acids is 1. The molecule has 6 nitrogen and oxygen atoms in total. The maximum atomic E-state index is 11.7. The molecule has 0 aliphatic rings. The summed E-state index contributed by atoms with van der Waals surface area (Å²) < 4.78 is 5.02. The summed E-state index contributed by atoms with van der Waals surface area (Å²) in [6, 6.07) is 2.90. The molecule has 0 fully saturated rings. The highest BCUT2D eigenvalue weighted by Crippen LogP contribution is 2.09. The Morgan fingerprint density at radius 3 is 2.78 bits per heavy atom. The smallest absolute Gasteiger partial charge is 0.371 e. The van der Waals surface area contributed by atoms with Gasteiger partial charge in [0, 0.05) is 5.92 Å². The van der Waals surface area contributed by atoms with Crippen molar-refractivity contribution < 1.29 is 19.1 Å². The molecule has 18 heavy (non-hydrogen) atoms. The molecule has 1 amide bonds. The third-order valence-corrected chi connectivity index (χ3v) is 2.60. The maximum absolute atomic E-state index is 11.7. The van der Waals surface area contributed by atoms with Gasteiger partial charge in [-0.15, -0.1) is 0 Å². The Bertz CT molecular complexity index is 414. The summed E-state index contributed by atoms with van der Waals surface area (Å²) in [5.74, 6) is -1.02. The average molecular weight is 254 g/mol. The molecule has 0 bridgehead atoms. The Hall–Kier alpha value is -1.82. The molecule has 1 unspecified atom stereocenters. The number of carboxylic acid groups (broad SMARTS) is 1. The summed E-state index contributed by atoms with van der Waals surface area (Å²) >= 11 is 0. The van der Waals surface area contributed by atoms with Crippen molar-refractivity contribution in [1.82, 2.24) is 5.32 Å². The van der Waals surface area contributed by atoms with Gasteiger partial charge in [-0.25, -0.2) is 4.79 Å². The van der Waals surface area contributed by atoms with Crippen molar-refractivity contribution in [3.05, 3.63) is 23.7 Å². The predicted molar refractivity (Wildman–Crippen MR) is 65.0 cm³/mol. The highest BCUT2D eigenvalue weighted by molar-refractivity contribution is 5.84. The number of hydrogen-bond donors (Lipinski definition) is 3. The number of furan rings is 1. The van der Waals surface area contributed by atoms with Crippen LogP contribution in [0.25, 0.3) is 0 Å². The summed E-state index contributed by atoms with van der Waals surface area (Å²) in [4.78, 5) is 22.2. The minimum Gasteiger partial charge on any atom is -0.475 e. The normalized spacial score (nSPS) is 12.1. The second-order valence-corrected chi connectivity index (χ2v) is 4.12. The van der Waals surface area contributed by atoms with Gasteiger partial charge in [0.2, 0.25) is 11.7 Å². The lowest BCUT2D eigenvalue weighted by molar-refractivity contribution is -0.124. The molecule has 1 aromatic heterocycles. The maximum Gasteiger partial charge on any atom is 0.371 e. The first-order chi connectivity index (χ1) is 8.54. The second-order valence-electron chi connectivity index (χ2n) is 4.12. The van der Waals surface area contributed by atoms with Crippen LogP contribution in [0.15, 0.2) is 16.5 Å². The van der Waals surface area contributed by atoms with Crippen LogP contribution in [0.3, 0.4) is 0 Å². The van der Waals surface area contributed by atoms with Crippen molar-refractivity contribution >= 4 is 11.9 Å². The molecule has 1 rings (SSSR count). The van der Waals surface area contributed by atoms with Gasteiger partial charge in [-0.3, -0.25) is 4.79 Å². The van der Waals surface area contributed by atoms with E-state index in [0.29, 0.717) is 12.3 Å². The summed E-state index contributed by atoms with van der Waals surface area (Å²) in [6.07, 6.45) is 1.54. The topological polar surface area (TPSA) is 106 Å². The van der Waals surface area contributed by atoms with Crippen molar-refractivity contribution in [3.8, 4) is 0 Å². The Labute approximate surface area is 105 Å². The van der Waals surface area contributed by atoms with Crippen LogP contribution in [-0.4, -0.2) is 23.5 Å². The molecular weight excluding hydrogens is 236 g/mol. The molecule has 1 aromatic rings. The number of hydrogen-bond acceptors (Lipinski definition) is 4. The van der Waals surface area contributed by atoms with Crippen molar-refractivity contribution in [2.75, 3.05) is 6.54 Å². The van der Waals surface area contributed by atoms with Crippen molar-refractivity contribution in [1.29, 1.82) is 0 Å². The molecule has 0 saturated heterocycles. The number of carbonyl (C=O) groups is 2. The fourth-order valence-electron chi connectivity index (χ4n) is 1.49. The third-order valence-electron chi connectivity index (χ3n) is 2.60. The quantitative estimate of drug-likeness (QED) is 0.672. The molecule has 0 aliphatic heterocycles. The lowest BCUT2D eigenvalue weighted by Crippen LogP contribution is -2.28. The first-order valence-corrected chi connectivity index (χ1v) is 5.84. The first kappa shape index (κ1) is 14.2. The molecule has 0 aliphatic carbocycles. The molecule has 0 radical (unpaired) electrons.